The van der Waals surface area contributed by atoms with Crippen LogP contribution in [0.5, 0.6) is 5.88 Å². The van der Waals surface area contributed by atoms with Crippen molar-refractivity contribution < 1.29 is 19.1 Å². The molecule has 0 unspecified atom stereocenters. The summed E-state index contributed by atoms with van der Waals surface area (Å²) in [5, 5.41) is 10.0. The molecular weight excluding hydrogens is 318 g/mol. The van der Waals surface area contributed by atoms with E-state index in [1.165, 1.54) is 24.1 Å². The summed E-state index contributed by atoms with van der Waals surface area (Å²) in [4.78, 5) is 30.7. The summed E-state index contributed by atoms with van der Waals surface area (Å²) < 4.78 is 11.2. The van der Waals surface area contributed by atoms with Gasteiger partial charge < -0.3 is 15.2 Å². The number of nitrogens with zero attached hydrogens (tertiary/aromatic N) is 5. The Bertz CT molecular complexity index is 749. The number of carbonyl (C=O) groups is 2. The molecular formula is C13H17N7O4. The van der Waals surface area contributed by atoms with Crippen molar-refractivity contribution in [3.05, 3.63) is 12.4 Å². The Hall–Kier alpha value is -3.24. The summed E-state index contributed by atoms with van der Waals surface area (Å²) in [5.74, 6) is 0.221. The molecule has 0 aromatic carbocycles. The van der Waals surface area contributed by atoms with Crippen LogP contribution in [0.2, 0.25) is 0 Å². The minimum atomic E-state index is -1.00. The zero-order chi connectivity index (χ0) is 17.9. The van der Waals surface area contributed by atoms with Gasteiger partial charge in [-0.25, -0.2) is 24.2 Å². The third-order valence-corrected chi connectivity index (χ3v) is 2.50. The molecule has 0 aliphatic carbocycles. The second-order valence-corrected chi connectivity index (χ2v) is 5.70. The lowest BCUT2D eigenvalue weighted by Crippen LogP contribution is -2.27. The topological polar surface area (TPSA) is 147 Å². The molecule has 0 saturated carbocycles. The Morgan fingerprint density at radius 1 is 1.25 bits per heavy atom. The first-order valence-corrected chi connectivity index (χ1v) is 6.85. The van der Waals surface area contributed by atoms with Crippen molar-refractivity contribution in [3.8, 4) is 17.3 Å². The smallest absolute Gasteiger partial charge is 0.413 e. The molecule has 128 valence electrons. The van der Waals surface area contributed by atoms with E-state index in [1.54, 1.807) is 20.8 Å². The Kier molecular flexibility index (Phi) is 4.62. The number of ether oxygens (including phenoxy) is 2. The molecule has 24 heavy (non-hydrogen) atoms. The van der Waals surface area contributed by atoms with E-state index in [-0.39, 0.29) is 23.1 Å². The Labute approximate surface area is 137 Å². The average molecular weight is 335 g/mol. The first kappa shape index (κ1) is 17.1. The van der Waals surface area contributed by atoms with Gasteiger partial charge in [-0.05, 0) is 20.8 Å². The quantitative estimate of drug-likeness (QED) is 0.846. The van der Waals surface area contributed by atoms with Gasteiger partial charge >= 0.3 is 12.2 Å². The highest BCUT2D eigenvalue weighted by Crippen LogP contribution is 2.25. The monoisotopic (exact) mass is 335 g/mol. The van der Waals surface area contributed by atoms with Gasteiger partial charge in [0.1, 0.15) is 11.3 Å². The van der Waals surface area contributed by atoms with Crippen LogP contribution >= 0.6 is 0 Å². The minimum Gasteiger partial charge on any atom is -0.444 e. The molecule has 2 amide bonds. The van der Waals surface area contributed by atoms with E-state index in [4.69, 9.17) is 15.2 Å². The number of amides is 2. The molecule has 2 heterocycles. The number of nitrogens with one attached hydrogen (secondary N) is 1. The van der Waals surface area contributed by atoms with Crippen LogP contribution in [0.1, 0.15) is 20.8 Å². The molecule has 0 bridgehead atoms. The molecule has 3 N–H and O–H groups in total. The van der Waals surface area contributed by atoms with Gasteiger partial charge in [0.05, 0.1) is 12.4 Å². The summed E-state index contributed by atoms with van der Waals surface area (Å²) in [6.07, 6.45) is 0.992. The van der Waals surface area contributed by atoms with Gasteiger partial charge in [-0.2, -0.15) is 0 Å². The summed E-state index contributed by atoms with van der Waals surface area (Å²) in [6.45, 7) is 5.24. The lowest BCUT2D eigenvalue weighted by atomic mass is 10.2. The normalized spacial score (nSPS) is 11.0. The molecule has 0 aliphatic heterocycles. The highest BCUT2D eigenvalue weighted by Gasteiger charge is 2.19. The van der Waals surface area contributed by atoms with Crippen molar-refractivity contribution in [2.75, 3.05) is 5.32 Å². The number of primary amides is 1. The molecule has 0 spiro atoms. The Balaban J connectivity index is 2.16. The van der Waals surface area contributed by atoms with Crippen LogP contribution in [-0.4, -0.2) is 42.7 Å². The molecule has 2 aromatic rings. The van der Waals surface area contributed by atoms with E-state index in [2.05, 4.69) is 25.6 Å². The number of rotatable bonds is 3. The molecule has 0 radical (unpaired) electrons. The van der Waals surface area contributed by atoms with Crippen molar-refractivity contribution in [2.24, 2.45) is 12.8 Å². The standard InChI is InChI=1S/C13H17N7O4/c1-13(2,3)24-12(22)17-8-6-15-7(5-16-8)9-10(23-11(14)21)20(4)19-18-9/h5-6H,1-4H3,(H2,14,21)(H,16,17,22). The van der Waals surface area contributed by atoms with E-state index in [0.29, 0.717) is 0 Å². The summed E-state index contributed by atoms with van der Waals surface area (Å²) in [6, 6.07) is 0. The van der Waals surface area contributed by atoms with Crippen LogP contribution in [0.4, 0.5) is 15.4 Å². The zero-order valence-corrected chi connectivity index (χ0v) is 13.6. The van der Waals surface area contributed by atoms with E-state index in [1.807, 2.05) is 0 Å². The second kappa shape index (κ2) is 6.48. The maximum atomic E-state index is 11.7. The van der Waals surface area contributed by atoms with Crippen molar-refractivity contribution >= 4 is 18.0 Å². The number of hydrogen-bond donors (Lipinski definition) is 2. The van der Waals surface area contributed by atoms with Crippen LogP contribution in [0.25, 0.3) is 11.4 Å². The number of aromatic nitrogens is 5. The van der Waals surface area contributed by atoms with Crippen LogP contribution in [-0.2, 0) is 11.8 Å². The minimum absolute atomic E-state index is 0.0321. The summed E-state index contributed by atoms with van der Waals surface area (Å²) in [7, 11) is 1.53. The number of aryl methyl sites for hydroxylation is 1. The maximum Gasteiger partial charge on any atom is 0.413 e. The number of carbonyl (C=O) groups excluding carboxylic acids is 2. The largest absolute Gasteiger partial charge is 0.444 e. The van der Waals surface area contributed by atoms with Gasteiger partial charge in [0.2, 0.25) is 0 Å². The summed E-state index contributed by atoms with van der Waals surface area (Å²) >= 11 is 0. The van der Waals surface area contributed by atoms with Crippen LogP contribution in [0, 0.1) is 0 Å². The Morgan fingerprint density at radius 2 is 1.96 bits per heavy atom. The molecule has 0 saturated heterocycles. The van der Waals surface area contributed by atoms with Crippen LogP contribution < -0.4 is 15.8 Å². The predicted octanol–water partition coefficient (Wildman–Crippen LogP) is 1.08. The van der Waals surface area contributed by atoms with Gasteiger partial charge in [0.15, 0.2) is 11.5 Å². The fraction of sp³-hybridized carbons (Fsp3) is 0.385. The van der Waals surface area contributed by atoms with E-state index >= 15 is 0 Å². The average Bonchev–Trinajstić information content (AvgIpc) is 2.78. The third kappa shape index (κ3) is 4.38. The lowest BCUT2D eigenvalue weighted by Gasteiger charge is -2.19. The highest BCUT2D eigenvalue weighted by molar-refractivity contribution is 5.83. The van der Waals surface area contributed by atoms with E-state index in [9.17, 15) is 9.59 Å². The highest BCUT2D eigenvalue weighted by atomic mass is 16.6. The van der Waals surface area contributed by atoms with Crippen molar-refractivity contribution in [3.63, 3.8) is 0 Å². The van der Waals surface area contributed by atoms with Crippen LogP contribution in [0.3, 0.4) is 0 Å². The van der Waals surface area contributed by atoms with E-state index < -0.39 is 17.8 Å². The van der Waals surface area contributed by atoms with Gasteiger partial charge in [0.25, 0.3) is 5.88 Å². The molecule has 0 atom stereocenters. The fourth-order valence-electron chi connectivity index (χ4n) is 1.64. The van der Waals surface area contributed by atoms with Gasteiger partial charge in [-0.15, -0.1) is 5.10 Å². The first-order valence-electron chi connectivity index (χ1n) is 6.85. The molecule has 11 nitrogen and oxygen atoms in total. The second-order valence-electron chi connectivity index (χ2n) is 5.70. The van der Waals surface area contributed by atoms with Crippen molar-refractivity contribution in [1.82, 2.24) is 25.0 Å². The SMILES string of the molecule is Cn1nnc(-c2cnc(NC(=O)OC(C)(C)C)cn2)c1OC(N)=O. The first-order chi connectivity index (χ1) is 11.2. The number of hydrogen-bond acceptors (Lipinski definition) is 8. The third-order valence-electron chi connectivity index (χ3n) is 2.50. The van der Waals surface area contributed by atoms with Gasteiger partial charge in [0, 0.05) is 7.05 Å². The van der Waals surface area contributed by atoms with Gasteiger partial charge in [-0.3, -0.25) is 5.32 Å². The van der Waals surface area contributed by atoms with Crippen LogP contribution in [0.15, 0.2) is 12.4 Å². The molecule has 11 heteroatoms. The molecule has 2 aromatic heterocycles. The lowest BCUT2D eigenvalue weighted by molar-refractivity contribution is 0.0635. The fourth-order valence-corrected chi connectivity index (χ4v) is 1.64. The number of nitrogens with two attached hydrogens (primary N) is 1. The molecule has 2 rings (SSSR count). The van der Waals surface area contributed by atoms with Crippen molar-refractivity contribution in [2.45, 2.75) is 26.4 Å². The summed E-state index contributed by atoms with van der Waals surface area (Å²) in [5.41, 5.74) is 4.85. The molecule has 0 aliphatic rings. The van der Waals surface area contributed by atoms with Gasteiger partial charge in [-0.1, -0.05) is 5.21 Å². The number of anilines is 1. The van der Waals surface area contributed by atoms with Crippen molar-refractivity contribution in [1.29, 1.82) is 0 Å². The Morgan fingerprint density at radius 3 is 2.50 bits per heavy atom. The zero-order valence-electron chi connectivity index (χ0n) is 13.6. The molecule has 0 fully saturated rings. The predicted molar refractivity (Wildman–Crippen MR) is 82.1 cm³/mol. The van der Waals surface area contributed by atoms with E-state index in [0.717, 1.165) is 0 Å². The maximum absolute atomic E-state index is 11.7.